The van der Waals surface area contributed by atoms with Gasteiger partial charge in [-0.2, -0.15) is 4.31 Å². The molecular weight excluding hydrogens is 296 g/mol. The summed E-state index contributed by atoms with van der Waals surface area (Å²) in [5.41, 5.74) is 2.56. The normalized spacial score (nSPS) is 19.9. The fourth-order valence-corrected chi connectivity index (χ4v) is 5.22. The van der Waals surface area contributed by atoms with Crippen LogP contribution in [0.5, 0.6) is 0 Å². The van der Waals surface area contributed by atoms with E-state index in [2.05, 4.69) is 11.0 Å². The summed E-state index contributed by atoms with van der Waals surface area (Å²) in [4.78, 5) is 2.64. The van der Waals surface area contributed by atoms with Crippen molar-refractivity contribution in [3.05, 3.63) is 41.5 Å². The Balaban J connectivity index is 1.85. The lowest BCUT2D eigenvalue weighted by molar-refractivity contribution is 0.222. The smallest absolute Gasteiger partial charge is 0.243 e. The Hall–Kier alpha value is -1.43. The predicted octanol–water partition coefficient (Wildman–Crippen LogP) is 1.87. The Morgan fingerprint density at radius 2 is 1.59 bits per heavy atom. The van der Waals surface area contributed by atoms with Crippen molar-refractivity contribution in [3.8, 4) is 0 Å². The van der Waals surface area contributed by atoms with Gasteiger partial charge in [-0.05, 0) is 42.5 Å². The number of sulfonamides is 1. The van der Waals surface area contributed by atoms with Crippen LogP contribution in [0.4, 0.5) is 0 Å². The highest BCUT2D eigenvalue weighted by Gasteiger charge is 2.30. The monoisotopic (exact) mass is 316 g/mol. The highest BCUT2D eigenvalue weighted by molar-refractivity contribution is 7.89. The van der Waals surface area contributed by atoms with Crippen molar-refractivity contribution in [2.24, 2.45) is 0 Å². The first-order valence-corrected chi connectivity index (χ1v) is 9.23. The number of benzene rings is 2. The van der Waals surface area contributed by atoms with Crippen molar-refractivity contribution in [3.63, 3.8) is 0 Å². The zero-order valence-corrected chi connectivity index (χ0v) is 13.6. The molecule has 0 unspecified atom stereocenters. The third kappa shape index (κ3) is 2.07. The maximum atomic E-state index is 13.1. The summed E-state index contributed by atoms with van der Waals surface area (Å²) in [6.07, 6.45) is 2.04. The first-order valence-electron chi connectivity index (χ1n) is 7.79. The van der Waals surface area contributed by atoms with Gasteiger partial charge in [-0.1, -0.05) is 24.3 Å². The second-order valence-corrected chi connectivity index (χ2v) is 8.18. The number of nitrogens with zero attached hydrogens (tertiary/aromatic N) is 2. The van der Waals surface area contributed by atoms with Gasteiger partial charge in [0, 0.05) is 31.6 Å². The predicted molar refractivity (Wildman–Crippen MR) is 87.6 cm³/mol. The Morgan fingerprint density at radius 3 is 2.32 bits per heavy atom. The van der Waals surface area contributed by atoms with Crippen molar-refractivity contribution in [1.82, 2.24) is 9.21 Å². The molecule has 4 nitrogen and oxygen atoms in total. The van der Waals surface area contributed by atoms with Crippen LogP contribution in [-0.4, -0.2) is 50.8 Å². The highest BCUT2D eigenvalue weighted by atomic mass is 32.2. The lowest BCUT2D eigenvalue weighted by atomic mass is 10.1. The first-order chi connectivity index (χ1) is 10.6. The summed E-state index contributed by atoms with van der Waals surface area (Å²) < 4.78 is 27.7. The van der Waals surface area contributed by atoms with Gasteiger partial charge in [0.1, 0.15) is 0 Å². The average Bonchev–Trinajstić information content (AvgIpc) is 2.93. The van der Waals surface area contributed by atoms with E-state index < -0.39 is 10.0 Å². The third-order valence-corrected chi connectivity index (χ3v) is 6.87. The Morgan fingerprint density at radius 1 is 0.909 bits per heavy atom. The van der Waals surface area contributed by atoms with Gasteiger partial charge in [0.25, 0.3) is 0 Å². The molecule has 1 aliphatic carbocycles. The molecule has 2 aliphatic rings. The van der Waals surface area contributed by atoms with E-state index in [9.17, 15) is 8.42 Å². The second kappa shape index (κ2) is 5.05. The van der Waals surface area contributed by atoms with Gasteiger partial charge in [0.05, 0.1) is 4.90 Å². The van der Waals surface area contributed by atoms with Gasteiger partial charge in [-0.25, -0.2) is 8.42 Å². The Kier molecular flexibility index (Phi) is 3.25. The largest absolute Gasteiger partial charge is 0.304 e. The number of likely N-dealkylation sites (N-methyl/N-ethyl adjacent to an activating group) is 1. The van der Waals surface area contributed by atoms with Gasteiger partial charge in [0.2, 0.25) is 10.0 Å². The fourth-order valence-electron chi connectivity index (χ4n) is 3.61. The molecule has 5 heteroatoms. The molecule has 1 saturated heterocycles. The molecule has 0 aromatic heterocycles. The second-order valence-electron chi connectivity index (χ2n) is 6.27. The van der Waals surface area contributed by atoms with Crippen LogP contribution in [0.25, 0.3) is 10.8 Å². The molecule has 0 atom stereocenters. The minimum atomic E-state index is -3.41. The molecular formula is C17H20N2O2S. The van der Waals surface area contributed by atoms with Crippen LogP contribution < -0.4 is 0 Å². The molecule has 4 rings (SSSR count). The first kappa shape index (κ1) is 14.2. The van der Waals surface area contributed by atoms with E-state index in [1.807, 2.05) is 25.2 Å². The van der Waals surface area contributed by atoms with Gasteiger partial charge in [0.15, 0.2) is 0 Å². The van der Waals surface area contributed by atoms with E-state index in [1.165, 1.54) is 11.1 Å². The number of aryl methyl sites for hydroxylation is 2. The average molecular weight is 316 g/mol. The fraction of sp³-hybridized carbons (Fsp3) is 0.412. The van der Waals surface area contributed by atoms with Crippen molar-refractivity contribution >= 4 is 20.8 Å². The molecule has 0 bridgehead atoms. The molecule has 2 aromatic rings. The van der Waals surface area contributed by atoms with Crippen LogP contribution in [0, 0.1) is 0 Å². The van der Waals surface area contributed by atoms with E-state index >= 15 is 0 Å². The van der Waals surface area contributed by atoms with Gasteiger partial charge >= 0.3 is 0 Å². The lowest BCUT2D eigenvalue weighted by Crippen LogP contribution is -2.47. The standard InChI is InChI=1S/C17H20N2O2S/c1-18-9-11-19(12-10-18)22(20,21)16-8-7-14-6-5-13-3-2-4-15(16)17(13)14/h2-4,7-8H,5-6,9-12H2,1H3. The Bertz CT molecular complexity index is 827. The maximum absolute atomic E-state index is 13.1. The third-order valence-electron chi connectivity index (χ3n) is 4.92. The van der Waals surface area contributed by atoms with Gasteiger partial charge in [-0.15, -0.1) is 0 Å². The summed E-state index contributed by atoms with van der Waals surface area (Å²) in [6.45, 7) is 2.73. The molecule has 0 spiro atoms. The minimum Gasteiger partial charge on any atom is -0.304 e. The number of hydrogen-bond donors (Lipinski definition) is 0. The number of hydrogen-bond acceptors (Lipinski definition) is 3. The van der Waals surface area contributed by atoms with Gasteiger partial charge in [-0.3, -0.25) is 0 Å². The van der Waals surface area contributed by atoms with Crippen LogP contribution >= 0.6 is 0 Å². The molecule has 22 heavy (non-hydrogen) atoms. The molecule has 0 radical (unpaired) electrons. The van der Waals surface area contributed by atoms with Crippen molar-refractivity contribution in [2.75, 3.05) is 33.2 Å². The van der Waals surface area contributed by atoms with Crippen molar-refractivity contribution < 1.29 is 8.42 Å². The summed E-state index contributed by atoms with van der Waals surface area (Å²) in [5, 5.41) is 2.06. The van der Waals surface area contributed by atoms with Crippen LogP contribution in [0.1, 0.15) is 11.1 Å². The maximum Gasteiger partial charge on any atom is 0.243 e. The van der Waals surface area contributed by atoms with E-state index in [4.69, 9.17) is 0 Å². The molecule has 0 saturated carbocycles. The summed E-state index contributed by atoms with van der Waals surface area (Å²) in [5.74, 6) is 0. The zero-order valence-electron chi connectivity index (χ0n) is 12.7. The van der Waals surface area contributed by atoms with E-state index in [1.54, 1.807) is 10.4 Å². The lowest BCUT2D eigenvalue weighted by Gasteiger charge is -2.31. The molecule has 116 valence electrons. The summed E-state index contributed by atoms with van der Waals surface area (Å²) in [6, 6.07) is 9.86. The summed E-state index contributed by atoms with van der Waals surface area (Å²) >= 11 is 0. The van der Waals surface area contributed by atoms with E-state index in [-0.39, 0.29) is 0 Å². The molecule has 0 N–H and O–H groups in total. The van der Waals surface area contributed by atoms with Crippen LogP contribution in [0.15, 0.2) is 35.2 Å². The topological polar surface area (TPSA) is 40.6 Å². The minimum absolute atomic E-state index is 0.472. The van der Waals surface area contributed by atoms with Crippen LogP contribution in [0.2, 0.25) is 0 Å². The van der Waals surface area contributed by atoms with Crippen molar-refractivity contribution in [1.29, 1.82) is 0 Å². The van der Waals surface area contributed by atoms with Crippen LogP contribution in [0.3, 0.4) is 0 Å². The molecule has 0 amide bonds. The number of piperazine rings is 1. The summed E-state index contributed by atoms with van der Waals surface area (Å²) in [7, 11) is -1.38. The van der Waals surface area contributed by atoms with Crippen LogP contribution in [-0.2, 0) is 22.9 Å². The highest BCUT2D eigenvalue weighted by Crippen LogP contribution is 2.35. The van der Waals surface area contributed by atoms with E-state index in [0.29, 0.717) is 18.0 Å². The SMILES string of the molecule is CN1CCN(S(=O)(=O)c2ccc3c4c(cccc24)CC3)CC1. The van der Waals surface area contributed by atoms with Crippen molar-refractivity contribution in [2.45, 2.75) is 17.7 Å². The Labute approximate surface area is 131 Å². The zero-order chi connectivity index (χ0) is 15.3. The number of rotatable bonds is 2. The van der Waals surface area contributed by atoms with Gasteiger partial charge < -0.3 is 4.90 Å². The quantitative estimate of drug-likeness (QED) is 0.849. The molecule has 1 fully saturated rings. The molecule has 1 heterocycles. The van der Waals surface area contributed by atoms with E-state index in [0.717, 1.165) is 36.7 Å². The molecule has 1 aliphatic heterocycles. The molecule has 2 aromatic carbocycles.